The summed E-state index contributed by atoms with van der Waals surface area (Å²) in [6, 6.07) is 38.9. The zero-order valence-electron chi connectivity index (χ0n) is 40.4. The van der Waals surface area contributed by atoms with Crippen molar-refractivity contribution in [2.75, 3.05) is 0 Å². The Balaban J connectivity index is 1.24. The van der Waals surface area contributed by atoms with E-state index in [0.29, 0.717) is 11.5 Å². The van der Waals surface area contributed by atoms with Crippen molar-refractivity contribution >= 4 is 54.3 Å². The molecule has 280 valence electrons. The molecule has 0 amide bonds. The van der Waals surface area contributed by atoms with Crippen LogP contribution in [0.4, 0.5) is 0 Å². The number of aromatic nitrogens is 3. The Labute approximate surface area is 349 Å². The van der Waals surface area contributed by atoms with E-state index in [4.69, 9.17) is 16.8 Å². The van der Waals surface area contributed by atoms with E-state index in [1.807, 2.05) is 42.5 Å². The van der Waals surface area contributed by atoms with Gasteiger partial charge in [-0.25, -0.2) is 9.97 Å². The fourth-order valence-corrected chi connectivity index (χ4v) is 9.67. The Morgan fingerprint density at radius 3 is 1.95 bits per heavy atom. The second-order valence-electron chi connectivity index (χ2n) is 17.3. The number of benzene rings is 8. The predicted octanol–water partition coefficient (Wildman–Crippen LogP) is 14.6. The van der Waals surface area contributed by atoms with Gasteiger partial charge in [-0.2, -0.15) is 0 Å². The van der Waals surface area contributed by atoms with Gasteiger partial charge in [-0.15, -0.1) is 0 Å². The molecule has 0 radical (unpaired) electrons. The monoisotopic (exact) mass is 754 g/mol. The standard InChI is InChI=1S/C55H45N3/c1-53(2)46-32-43(44(33-47(46)54(3,4)55(53,5)6)40-25-16-21-34-17-10-12-22-38(34)40)37-28-30-49-45(31-37)41-24-14-15-26-48(41)58(49)52-56-50(36-19-8-7-9-20-36)42-29-27-35-18-11-13-23-39(35)51(42)57-52/h7-33H,1-6H3/i10D,12D,16D,17D,21D,22D,25D. The van der Waals surface area contributed by atoms with Gasteiger partial charge < -0.3 is 0 Å². The smallest absolute Gasteiger partial charge is 0.235 e. The van der Waals surface area contributed by atoms with E-state index in [1.165, 1.54) is 0 Å². The van der Waals surface area contributed by atoms with Gasteiger partial charge in [-0.3, -0.25) is 4.57 Å². The molecule has 0 atom stereocenters. The fraction of sp³-hybridized carbons (Fsp3) is 0.164. The third-order valence-corrected chi connectivity index (χ3v) is 14.0. The molecule has 0 N–H and O–H groups in total. The predicted molar refractivity (Wildman–Crippen MR) is 245 cm³/mol. The average Bonchev–Trinajstić information content (AvgIpc) is 3.69. The maximum Gasteiger partial charge on any atom is 0.235 e. The third-order valence-electron chi connectivity index (χ3n) is 14.0. The van der Waals surface area contributed by atoms with Crippen molar-refractivity contribution in [3.63, 3.8) is 0 Å². The van der Waals surface area contributed by atoms with Crippen molar-refractivity contribution in [3.8, 4) is 39.5 Å². The largest absolute Gasteiger partial charge is 0.278 e. The summed E-state index contributed by atoms with van der Waals surface area (Å²) in [5.41, 5.74) is 8.26. The number of hydrogen-bond donors (Lipinski definition) is 0. The lowest BCUT2D eigenvalue weighted by molar-refractivity contribution is 0.125. The first-order valence-electron chi connectivity index (χ1n) is 23.4. The number of fused-ring (bicyclic) bond motifs is 8. The zero-order chi connectivity index (χ0) is 45.6. The van der Waals surface area contributed by atoms with Crippen LogP contribution in [-0.4, -0.2) is 14.5 Å². The van der Waals surface area contributed by atoms with E-state index in [1.54, 1.807) is 0 Å². The highest BCUT2D eigenvalue weighted by molar-refractivity contribution is 6.13. The molecule has 0 unspecified atom stereocenters. The maximum atomic E-state index is 9.51. The van der Waals surface area contributed by atoms with Crippen LogP contribution in [-0.2, 0) is 10.8 Å². The Bertz CT molecular complexity index is 3710. The Hall–Kier alpha value is -6.58. The van der Waals surface area contributed by atoms with Crippen molar-refractivity contribution in [3.05, 3.63) is 175 Å². The highest BCUT2D eigenvalue weighted by Crippen LogP contribution is 2.63. The minimum absolute atomic E-state index is 0.0603. The van der Waals surface area contributed by atoms with E-state index in [-0.39, 0.29) is 62.8 Å². The molecular weight excluding hydrogens is 703 g/mol. The SMILES string of the molecule is [2H]c1c([2H])c([2H])c2c(-c3cc4c(cc3-c3ccc5c(c3)c3ccccc3n5-c3nc(-c5ccccc5)c5ccc6ccccc6c5n3)C(C)(C)C(C)(C)C4(C)C)c([2H])c([2H])c([2H])c2c1[2H]. The molecule has 3 heteroatoms. The average molecular weight is 755 g/mol. The maximum absolute atomic E-state index is 9.51. The van der Waals surface area contributed by atoms with E-state index in [9.17, 15) is 2.74 Å². The molecule has 11 rings (SSSR count). The topological polar surface area (TPSA) is 30.7 Å². The quantitative estimate of drug-likeness (QED) is 0.168. The van der Waals surface area contributed by atoms with Gasteiger partial charge in [0.2, 0.25) is 5.95 Å². The van der Waals surface area contributed by atoms with Crippen LogP contribution in [0.3, 0.4) is 0 Å². The third kappa shape index (κ3) is 4.74. The Kier molecular flexibility index (Phi) is 5.88. The summed E-state index contributed by atoms with van der Waals surface area (Å²) >= 11 is 0. The highest BCUT2D eigenvalue weighted by atomic mass is 15.2. The highest BCUT2D eigenvalue weighted by Gasteiger charge is 2.57. The molecule has 0 spiro atoms. The number of rotatable bonds is 4. The minimum atomic E-state index is -0.473. The second-order valence-corrected chi connectivity index (χ2v) is 17.3. The molecule has 0 saturated carbocycles. The Morgan fingerprint density at radius 2 is 1.14 bits per heavy atom. The first-order valence-corrected chi connectivity index (χ1v) is 19.9. The normalized spacial score (nSPS) is 17.2. The van der Waals surface area contributed by atoms with Gasteiger partial charge in [0.05, 0.1) is 31.8 Å². The molecule has 0 bridgehead atoms. The lowest BCUT2D eigenvalue weighted by Crippen LogP contribution is -2.42. The molecule has 10 aromatic rings. The van der Waals surface area contributed by atoms with E-state index >= 15 is 0 Å². The van der Waals surface area contributed by atoms with Crippen molar-refractivity contribution in [1.82, 2.24) is 14.5 Å². The molecule has 8 aromatic carbocycles. The van der Waals surface area contributed by atoms with Gasteiger partial charge in [0.25, 0.3) is 0 Å². The van der Waals surface area contributed by atoms with Crippen LogP contribution < -0.4 is 0 Å². The van der Waals surface area contributed by atoms with Crippen molar-refractivity contribution < 1.29 is 9.60 Å². The van der Waals surface area contributed by atoms with Crippen LogP contribution in [0.15, 0.2) is 164 Å². The van der Waals surface area contributed by atoms with Crippen LogP contribution >= 0.6 is 0 Å². The lowest BCUT2D eigenvalue weighted by atomic mass is 9.59. The lowest BCUT2D eigenvalue weighted by Gasteiger charge is -2.44. The van der Waals surface area contributed by atoms with E-state index in [2.05, 4.69) is 125 Å². The first kappa shape index (κ1) is 27.9. The van der Waals surface area contributed by atoms with Crippen LogP contribution in [0.25, 0.3) is 93.7 Å². The molecule has 0 aliphatic heterocycles. The number of nitrogens with zero attached hydrogens (tertiary/aromatic N) is 3. The van der Waals surface area contributed by atoms with E-state index in [0.717, 1.165) is 77.0 Å². The molecule has 58 heavy (non-hydrogen) atoms. The molecular formula is C55H45N3. The summed E-state index contributed by atoms with van der Waals surface area (Å²) < 4.78 is 65.0. The first-order chi connectivity index (χ1) is 31.0. The Morgan fingerprint density at radius 1 is 0.466 bits per heavy atom. The van der Waals surface area contributed by atoms with Crippen molar-refractivity contribution in [1.29, 1.82) is 0 Å². The van der Waals surface area contributed by atoms with Gasteiger partial charge >= 0.3 is 0 Å². The zero-order valence-corrected chi connectivity index (χ0v) is 33.4. The summed E-state index contributed by atoms with van der Waals surface area (Å²) in [4.78, 5) is 10.7. The van der Waals surface area contributed by atoms with Gasteiger partial charge in [0.1, 0.15) is 0 Å². The van der Waals surface area contributed by atoms with Crippen LogP contribution in [0.2, 0.25) is 0 Å². The summed E-state index contributed by atoms with van der Waals surface area (Å²) in [6.45, 7) is 13.6. The molecule has 0 saturated heterocycles. The molecule has 2 heterocycles. The van der Waals surface area contributed by atoms with Gasteiger partial charge in [0.15, 0.2) is 0 Å². The second kappa shape index (κ2) is 12.2. The number of para-hydroxylation sites is 1. The van der Waals surface area contributed by atoms with Crippen LogP contribution in [0.1, 0.15) is 62.3 Å². The molecule has 0 fully saturated rings. The summed E-state index contributed by atoms with van der Waals surface area (Å²) in [6.07, 6.45) is 0. The minimum Gasteiger partial charge on any atom is -0.278 e. The van der Waals surface area contributed by atoms with Gasteiger partial charge in [-0.1, -0.05) is 169 Å². The molecule has 1 aliphatic rings. The van der Waals surface area contributed by atoms with Crippen LogP contribution in [0.5, 0.6) is 0 Å². The number of hydrogen-bond acceptors (Lipinski definition) is 2. The van der Waals surface area contributed by atoms with E-state index < -0.39 is 12.1 Å². The van der Waals surface area contributed by atoms with Crippen molar-refractivity contribution in [2.45, 2.75) is 52.4 Å². The molecule has 2 aromatic heterocycles. The van der Waals surface area contributed by atoms with Gasteiger partial charge in [0, 0.05) is 27.1 Å². The summed E-state index contributed by atoms with van der Waals surface area (Å²) in [7, 11) is 0. The van der Waals surface area contributed by atoms with Gasteiger partial charge in [-0.05, 0) is 102 Å². The summed E-state index contributed by atoms with van der Waals surface area (Å²) in [5.74, 6) is 0.536. The van der Waals surface area contributed by atoms with Crippen LogP contribution in [0, 0.1) is 5.41 Å². The fourth-order valence-electron chi connectivity index (χ4n) is 9.67. The summed E-state index contributed by atoms with van der Waals surface area (Å²) in [5, 5.41) is 5.04. The molecule has 3 nitrogen and oxygen atoms in total. The molecule has 1 aliphatic carbocycles. The van der Waals surface area contributed by atoms with Crippen molar-refractivity contribution in [2.24, 2.45) is 5.41 Å².